The minimum absolute atomic E-state index is 0.298. The maximum absolute atomic E-state index is 5.25. The van der Waals surface area contributed by atoms with E-state index in [0.29, 0.717) is 5.92 Å². The Morgan fingerprint density at radius 1 is 1.33 bits per heavy atom. The molecular weight excluding hydrogens is 252 g/mol. The first kappa shape index (κ1) is 10.7. The molecule has 0 aromatic heterocycles. The number of hydrogen-bond acceptors (Lipinski definition) is 1. The maximum atomic E-state index is 5.25. The van der Waals surface area contributed by atoms with Crippen molar-refractivity contribution in [2.75, 3.05) is 7.11 Å². The molecule has 0 N–H and O–H groups in total. The van der Waals surface area contributed by atoms with Gasteiger partial charge in [0.2, 0.25) is 0 Å². The summed E-state index contributed by atoms with van der Waals surface area (Å²) in [7, 11) is 1.66. The zero-order chi connectivity index (χ0) is 10.7. The molecule has 0 bridgehead atoms. The summed E-state index contributed by atoms with van der Waals surface area (Å²) in [6, 6.07) is 10.3. The van der Waals surface area contributed by atoms with Gasteiger partial charge < -0.3 is 4.74 Å². The van der Waals surface area contributed by atoms with E-state index >= 15 is 0 Å². The van der Waals surface area contributed by atoms with E-state index in [9.17, 15) is 0 Å². The van der Waals surface area contributed by atoms with Gasteiger partial charge in [0.1, 0.15) is 0 Å². The van der Waals surface area contributed by atoms with Crippen LogP contribution >= 0.6 is 15.9 Å². The van der Waals surface area contributed by atoms with Crippen LogP contribution in [0, 0.1) is 6.08 Å². The summed E-state index contributed by atoms with van der Waals surface area (Å²) < 4.78 is 4.71. The van der Waals surface area contributed by atoms with Crippen LogP contribution in [0.2, 0.25) is 0 Å². The predicted molar refractivity (Wildman–Crippen MR) is 64.8 cm³/mol. The molecule has 1 nitrogen and oxygen atoms in total. The molecule has 15 heavy (non-hydrogen) atoms. The van der Waals surface area contributed by atoms with Gasteiger partial charge in [-0.2, -0.15) is 0 Å². The number of hydrogen-bond donors (Lipinski definition) is 0. The predicted octanol–water partition coefficient (Wildman–Crippen LogP) is 3.44. The van der Waals surface area contributed by atoms with E-state index in [1.807, 2.05) is 30.4 Å². The van der Waals surface area contributed by atoms with Gasteiger partial charge >= 0.3 is 0 Å². The Kier molecular flexibility index (Phi) is 3.08. The largest absolute Gasteiger partial charge is 0.359 e. The van der Waals surface area contributed by atoms with Crippen LogP contribution in [0.1, 0.15) is 11.5 Å². The number of benzene rings is 1. The molecule has 77 valence electrons. The molecular formula is C13H12BrO. The molecule has 1 aromatic carbocycles. The summed E-state index contributed by atoms with van der Waals surface area (Å²) in [5, 5.41) is 0. The lowest BCUT2D eigenvalue weighted by Gasteiger charge is -2.22. The van der Waals surface area contributed by atoms with Crippen LogP contribution in [-0.2, 0) is 4.74 Å². The fraction of sp³-hybridized carbons (Fsp3) is 0.231. The lowest BCUT2D eigenvalue weighted by atomic mass is 9.94. The fourth-order valence-electron chi connectivity index (χ4n) is 1.54. The second-order valence-electron chi connectivity index (χ2n) is 3.46. The summed E-state index contributed by atoms with van der Waals surface area (Å²) in [5.74, 6) is 0.298. The SMILES string of the molecule is COC1(Br)[C]=CC(c2ccccc2)C=C1. The first-order valence-corrected chi connectivity index (χ1v) is 5.62. The minimum atomic E-state index is -0.543. The van der Waals surface area contributed by atoms with Crippen LogP contribution in [0.5, 0.6) is 0 Å². The number of methoxy groups -OCH3 is 1. The van der Waals surface area contributed by atoms with Crippen molar-refractivity contribution in [1.82, 2.24) is 0 Å². The number of allylic oxidation sites excluding steroid dienone is 2. The van der Waals surface area contributed by atoms with E-state index in [1.165, 1.54) is 5.56 Å². The lowest BCUT2D eigenvalue weighted by molar-refractivity contribution is 0.148. The summed E-state index contributed by atoms with van der Waals surface area (Å²) >= 11 is 3.44. The van der Waals surface area contributed by atoms with Gasteiger partial charge in [-0.1, -0.05) is 42.5 Å². The average molecular weight is 264 g/mol. The molecule has 1 radical (unpaired) electrons. The van der Waals surface area contributed by atoms with Gasteiger partial charge in [0.15, 0.2) is 4.51 Å². The molecule has 2 atom stereocenters. The van der Waals surface area contributed by atoms with Crippen molar-refractivity contribution >= 4 is 15.9 Å². The molecule has 1 aliphatic rings. The van der Waals surface area contributed by atoms with E-state index in [-0.39, 0.29) is 0 Å². The zero-order valence-electron chi connectivity index (χ0n) is 8.48. The summed E-state index contributed by atoms with van der Waals surface area (Å²) in [5.41, 5.74) is 1.27. The molecule has 0 saturated heterocycles. The van der Waals surface area contributed by atoms with Gasteiger partial charge in [-0.3, -0.25) is 0 Å². The highest BCUT2D eigenvalue weighted by Crippen LogP contribution is 2.31. The van der Waals surface area contributed by atoms with E-state index in [4.69, 9.17) is 4.74 Å². The molecule has 0 heterocycles. The molecule has 1 aromatic rings. The minimum Gasteiger partial charge on any atom is -0.359 e. The summed E-state index contributed by atoms with van der Waals surface area (Å²) in [4.78, 5) is 0. The van der Waals surface area contributed by atoms with Crippen LogP contribution in [-0.4, -0.2) is 11.6 Å². The molecule has 0 fully saturated rings. The van der Waals surface area contributed by atoms with Crippen molar-refractivity contribution in [1.29, 1.82) is 0 Å². The van der Waals surface area contributed by atoms with Crippen LogP contribution in [0.4, 0.5) is 0 Å². The third-order valence-corrected chi connectivity index (χ3v) is 3.28. The molecule has 2 heteroatoms. The van der Waals surface area contributed by atoms with Gasteiger partial charge in [0.25, 0.3) is 0 Å². The Hall–Kier alpha value is -0.860. The summed E-state index contributed by atoms with van der Waals surface area (Å²) in [6.45, 7) is 0. The van der Waals surface area contributed by atoms with Gasteiger partial charge in [0.05, 0.1) is 0 Å². The number of halogens is 1. The first-order valence-electron chi connectivity index (χ1n) is 4.83. The third-order valence-electron chi connectivity index (χ3n) is 2.46. The molecule has 0 saturated carbocycles. The molecule has 0 aliphatic heterocycles. The van der Waals surface area contributed by atoms with Crippen molar-refractivity contribution < 1.29 is 4.74 Å². The quantitative estimate of drug-likeness (QED) is 0.587. The van der Waals surface area contributed by atoms with E-state index in [0.717, 1.165) is 0 Å². The Labute approximate surface area is 98.6 Å². The highest BCUT2D eigenvalue weighted by atomic mass is 79.9. The standard InChI is InChI=1S/C13H12BrO/c1-15-13(14)9-7-12(8-10-13)11-5-3-2-4-6-11/h2-9,12H,1H3. The average Bonchev–Trinajstić information content (AvgIpc) is 2.31. The molecule has 2 rings (SSSR count). The highest BCUT2D eigenvalue weighted by molar-refractivity contribution is 9.10. The van der Waals surface area contributed by atoms with Crippen molar-refractivity contribution in [3.05, 3.63) is 60.2 Å². The van der Waals surface area contributed by atoms with Crippen molar-refractivity contribution in [3.63, 3.8) is 0 Å². The third kappa shape index (κ3) is 2.39. The van der Waals surface area contributed by atoms with E-state index in [1.54, 1.807) is 7.11 Å². The smallest absolute Gasteiger partial charge is 0.166 e. The highest BCUT2D eigenvalue weighted by Gasteiger charge is 2.23. The van der Waals surface area contributed by atoms with E-state index < -0.39 is 4.51 Å². The Morgan fingerprint density at radius 2 is 2.07 bits per heavy atom. The van der Waals surface area contributed by atoms with Gasteiger partial charge in [-0.25, -0.2) is 0 Å². The molecule has 0 spiro atoms. The van der Waals surface area contributed by atoms with Crippen LogP contribution in [0.15, 0.2) is 48.6 Å². The summed E-state index contributed by atoms with van der Waals surface area (Å²) in [6.07, 6.45) is 9.29. The second kappa shape index (κ2) is 4.33. The number of ether oxygens (including phenoxy) is 1. The van der Waals surface area contributed by atoms with Gasteiger partial charge in [-0.15, -0.1) is 0 Å². The molecule has 0 amide bonds. The normalized spacial score (nSPS) is 29.3. The van der Waals surface area contributed by atoms with Crippen LogP contribution in [0.25, 0.3) is 0 Å². The van der Waals surface area contributed by atoms with Crippen molar-refractivity contribution in [3.8, 4) is 0 Å². The number of alkyl halides is 1. The number of rotatable bonds is 2. The maximum Gasteiger partial charge on any atom is 0.166 e. The second-order valence-corrected chi connectivity index (χ2v) is 4.63. The Balaban J connectivity index is 2.18. The van der Waals surface area contributed by atoms with Crippen molar-refractivity contribution in [2.45, 2.75) is 10.4 Å². The van der Waals surface area contributed by atoms with Gasteiger partial charge in [0, 0.05) is 19.1 Å². The monoisotopic (exact) mass is 263 g/mol. The Morgan fingerprint density at radius 3 is 2.60 bits per heavy atom. The van der Waals surface area contributed by atoms with Crippen molar-refractivity contribution in [2.24, 2.45) is 0 Å². The fourth-order valence-corrected chi connectivity index (χ4v) is 1.83. The Bertz CT molecular complexity index is 367. The first-order chi connectivity index (χ1) is 7.23. The van der Waals surface area contributed by atoms with E-state index in [2.05, 4.69) is 40.2 Å². The van der Waals surface area contributed by atoms with Crippen LogP contribution < -0.4 is 0 Å². The zero-order valence-corrected chi connectivity index (χ0v) is 10.1. The molecule has 1 aliphatic carbocycles. The van der Waals surface area contributed by atoms with Gasteiger partial charge in [-0.05, 0) is 27.6 Å². The lowest BCUT2D eigenvalue weighted by Crippen LogP contribution is -2.20. The van der Waals surface area contributed by atoms with Crippen LogP contribution in [0.3, 0.4) is 0 Å². The molecule has 2 unspecified atom stereocenters. The topological polar surface area (TPSA) is 9.23 Å².